The van der Waals surface area contributed by atoms with E-state index in [9.17, 15) is 8.78 Å². The molecule has 2 rings (SSSR count). The molecule has 0 radical (unpaired) electrons. The first-order valence-corrected chi connectivity index (χ1v) is 4.36. The third-order valence-electron chi connectivity index (χ3n) is 1.85. The van der Waals surface area contributed by atoms with Gasteiger partial charge in [0, 0.05) is 0 Å². The molecule has 0 unspecified atom stereocenters. The summed E-state index contributed by atoms with van der Waals surface area (Å²) in [4.78, 5) is 8.10. The zero-order chi connectivity index (χ0) is 10.8. The van der Waals surface area contributed by atoms with E-state index in [1.165, 1.54) is 6.20 Å². The molecule has 0 aromatic carbocycles. The van der Waals surface area contributed by atoms with E-state index >= 15 is 0 Å². The van der Waals surface area contributed by atoms with Gasteiger partial charge in [0.05, 0.1) is 18.1 Å². The number of nitrogens with one attached hydrogen (secondary N) is 2. The number of anilines is 1. The van der Waals surface area contributed by atoms with Gasteiger partial charge in [0.25, 0.3) is 6.43 Å². The Morgan fingerprint density at radius 2 is 2.27 bits per heavy atom. The predicted molar refractivity (Wildman–Crippen MR) is 50.9 cm³/mol. The molecule has 0 atom stereocenters. The van der Waals surface area contributed by atoms with Crippen molar-refractivity contribution in [1.82, 2.24) is 20.2 Å². The number of halogens is 2. The first kappa shape index (κ1) is 9.75. The Hall–Kier alpha value is -1.79. The van der Waals surface area contributed by atoms with E-state index in [-0.39, 0.29) is 0 Å². The molecule has 0 saturated carbocycles. The fourth-order valence-electron chi connectivity index (χ4n) is 1.26. The number of rotatable bonds is 3. The van der Waals surface area contributed by atoms with Gasteiger partial charge < -0.3 is 5.32 Å². The molecule has 2 aromatic heterocycles. The van der Waals surface area contributed by atoms with Gasteiger partial charge in [-0.3, -0.25) is 5.10 Å². The van der Waals surface area contributed by atoms with Crippen molar-refractivity contribution in [2.24, 2.45) is 0 Å². The van der Waals surface area contributed by atoms with Crippen LogP contribution in [-0.2, 0) is 0 Å². The molecule has 5 nitrogen and oxygen atoms in total. The van der Waals surface area contributed by atoms with Crippen molar-refractivity contribution in [1.29, 1.82) is 0 Å². The van der Waals surface area contributed by atoms with Crippen molar-refractivity contribution in [2.75, 3.05) is 11.9 Å². The summed E-state index contributed by atoms with van der Waals surface area (Å²) in [5.41, 5.74) is 0.541. The average Bonchev–Trinajstić information content (AvgIpc) is 2.61. The fraction of sp³-hybridized carbons (Fsp3) is 0.375. The summed E-state index contributed by atoms with van der Waals surface area (Å²) in [5, 5.41) is 9.60. The highest BCUT2D eigenvalue weighted by Crippen LogP contribution is 2.17. The van der Waals surface area contributed by atoms with E-state index in [0.717, 1.165) is 0 Å². The molecule has 80 valence electrons. The highest BCUT2D eigenvalue weighted by Gasteiger charge is 2.09. The summed E-state index contributed by atoms with van der Waals surface area (Å²) < 4.78 is 24.0. The summed E-state index contributed by atoms with van der Waals surface area (Å²) >= 11 is 0. The molecule has 0 bridgehead atoms. The second kappa shape index (κ2) is 3.76. The molecule has 2 aromatic rings. The van der Waals surface area contributed by atoms with Crippen molar-refractivity contribution in [3.63, 3.8) is 0 Å². The molecule has 0 saturated heterocycles. The number of alkyl halides is 2. The average molecular weight is 213 g/mol. The standard InChI is InChI=1S/C8H9F2N5/c1-4-13-7(11-3-6(9)10)5-2-12-15-8(5)14-4/h2,6H,3H2,1H3,(H2,11,12,13,14,15). The molecule has 0 fully saturated rings. The minimum atomic E-state index is -2.41. The van der Waals surface area contributed by atoms with Crippen molar-refractivity contribution in [3.8, 4) is 0 Å². The zero-order valence-electron chi connectivity index (χ0n) is 7.96. The molecule has 0 spiro atoms. The number of aromatic nitrogens is 4. The van der Waals surface area contributed by atoms with Crippen molar-refractivity contribution >= 4 is 16.9 Å². The SMILES string of the molecule is Cc1nc(NCC(F)F)c2cn[nH]c2n1. The van der Waals surface area contributed by atoms with Crippen LogP contribution in [0, 0.1) is 6.92 Å². The van der Waals surface area contributed by atoms with Gasteiger partial charge in [-0.1, -0.05) is 0 Å². The first-order chi connectivity index (χ1) is 7.16. The third-order valence-corrected chi connectivity index (χ3v) is 1.85. The molecular weight excluding hydrogens is 204 g/mol. The Balaban J connectivity index is 2.35. The first-order valence-electron chi connectivity index (χ1n) is 4.36. The molecule has 2 heterocycles. The fourth-order valence-corrected chi connectivity index (χ4v) is 1.26. The molecule has 15 heavy (non-hydrogen) atoms. The van der Waals surface area contributed by atoms with Gasteiger partial charge in [-0.15, -0.1) is 0 Å². The van der Waals surface area contributed by atoms with Crippen LogP contribution >= 0.6 is 0 Å². The quantitative estimate of drug-likeness (QED) is 0.807. The minimum Gasteiger partial charge on any atom is -0.364 e. The highest BCUT2D eigenvalue weighted by molar-refractivity contribution is 5.85. The van der Waals surface area contributed by atoms with Crippen LogP contribution in [0.25, 0.3) is 11.0 Å². The number of fused-ring (bicyclic) bond motifs is 1. The molecule has 2 N–H and O–H groups in total. The van der Waals surface area contributed by atoms with Gasteiger partial charge in [0.15, 0.2) is 5.65 Å². The van der Waals surface area contributed by atoms with Crippen LogP contribution in [-0.4, -0.2) is 33.1 Å². The zero-order valence-corrected chi connectivity index (χ0v) is 7.96. The lowest BCUT2D eigenvalue weighted by Gasteiger charge is -2.05. The normalized spacial score (nSPS) is 11.2. The van der Waals surface area contributed by atoms with Crippen LogP contribution in [0.4, 0.5) is 14.6 Å². The molecular formula is C8H9F2N5. The summed E-state index contributed by atoms with van der Waals surface area (Å²) in [6, 6.07) is 0. The molecule has 0 amide bonds. The van der Waals surface area contributed by atoms with Gasteiger partial charge in [0.2, 0.25) is 0 Å². The molecule has 0 aliphatic heterocycles. The summed E-state index contributed by atoms with van der Waals surface area (Å²) in [5.74, 6) is 0.884. The van der Waals surface area contributed by atoms with E-state index in [4.69, 9.17) is 0 Å². The van der Waals surface area contributed by atoms with Crippen molar-refractivity contribution in [2.45, 2.75) is 13.3 Å². The summed E-state index contributed by atoms with van der Waals surface area (Å²) in [7, 11) is 0. The van der Waals surface area contributed by atoms with Crippen LogP contribution < -0.4 is 5.32 Å². The van der Waals surface area contributed by atoms with Crippen molar-refractivity contribution in [3.05, 3.63) is 12.0 Å². The van der Waals surface area contributed by atoms with E-state index in [1.54, 1.807) is 6.92 Å². The van der Waals surface area contributed by atoms with Gasteiger partial charge in [-0.25, -0.2) is 18.7 Å². The Bertz CT molecular complexity index is 467. The van der Waals surface area contributed by atoms with E-state index in [1.807, 2.05) is 0 Å². The van der Waals surface area contributed by atoms with Crippen molar-refractivity contribution < 1.29 is 8.78 Å². The van der Waals surface area contributed by atoms with Crippen LogP contribution in [0.5, 0.6) is 0 Å². The van der Waals surface area contributed by atoms with Gasteiger partial charge in [0.1, 0.15) is 11.6 Å². The number of aromatic amines is 1. The summed E-state index contributed by atoms with van der Waals surface area (Å²) in [6.07, 6.45) is -0.912. The lowest BCUT2D eigenvalue weighted by molar-refractivity contribution is 0.163. The smallest absolute Gasteiger partial charge is 0.255 e. The molecule has 0 aliphatic rings. The Morgan fingerprint density at radius 1 is 1.47 bits per heavy atom. The van der Waals surface area contributed by atoms with Crippen LogP contribution in [0.3, 0.4) is 0 Å². The predicted octanol–water partition coefficient (Wildman–Crippen LogP) is 1.34. The number of hydrogen-bond donors (Lipinski definition) is 2. The largest absolute Gasteiger partial charge is 0.364 e. The van der Waals surface area contributed by atoms with E-state index in [0.29, 0.717) is 22.7 Å². The highest BCUT2D eigenvalue weighted by atomic mass is 19.3. The van der Waals surface area contributed by atoms with Gasteiger partial charge in [-0.2, -0.15) is 5.10 Å². The van der Waals surface area contributed by atoms with Crippen LogP contribution in [0.1, 0.15) is 5.82 Å². The summed E-state index contributed by atoms with van der Waals surface area (Å²) in [6.45, 7) is 1.25. The van der Waals surface area contributed by atoms with E-state index in [2.05, 4.69) is 25.5 Å². The third kappa shape index (κ3) is 2.00. The maximum absolute atomic E-state index is 12.0. The Kier molecular flexibility index (Phi) is 2.44. The van der Waals surface area contributed by atoms with Gasteiger partial charge >= 0.3 is 0 Å². The van der Waals surface area contributed by atoms with Gasteiger partial charge in [-0.05, 0) is 6.92 Å². The number of aryl methyl sites for hydroxylation is 1. The number of H-pyrrole nitrogens is 1. The lowest BCUT2D eigenvalue weighted by Crippen LogP contribution is -2.12. The maximum atomic E-state index is 12.0. The second-order valence-electron chi connectivity index (χ2n) is 3.02. The maximum Gasteiger partial charge on any atom is 0.255 e. The number of hydrogen-bond acceptors (Lipinski definition) is 4. The molecule has 7 heteroatoms. The monoisotopic (exact) mass is 213 g/mol. The Labute approximate surface area is 83.9 Å². The lowest BCUT2D eigenvalue weighted by atomic mass is 10.4. The second-order valence-corrected chi connectivity index (χ2v) is 3.02. The van der Waals surface area contributed by atoms with Crippen LogP contribution in [0.15, 0.2) is 6.20 Å². The Morgan fingerprint density at radius 3 is 3.00 bits per heavy atom. The topological polar surface area (TPSA) is 66.5 Å². The number of nitrogens with zero attached hydrogens (tertiary/aromatic N) is 3. The van der Waals surface area contributed by atoms with E-state index < -0.39 is 13.0 Å². The van der Waals surface area contributed by atoms with Crippen LogP contribution in [0.2, 0.25) is 0 Å². The minimum absolute atomic E-state index is 0.381. The molecule has 0 aliphatic carbocycles.